The van der Waals surface area contributed by atoms with E-state index < -0.39 is 11.4 Å². The van der Waals surface area contributed by atoms with E-state index in [1.54, 1.807) is 46.0 Å². The van der Waals surface area contributed by atoms with E-state index in [-0.39, 0.29) is 23.2 Å². The van der Waals surface area contributed by atoms with Crippen molar-refractivity contribution in [3.63, 3.8) is 0 Å². The van der Waals surface area contributed by atoms with Gasteiger partial charge >= 0.3 is 0 Å². The fraction of sp³-hybridized carbons (Fsp3) is 0.231. The van der Waals surface area contributed by atoms with Crippen molar-refractivity contribution in [2.24, 2.45) is 5.73 Å². The van der Waals surface area contributed by atoms with Crippen molar-refractivity contribution in [3.8, 4) is 17.0 Å². The molecule has 1 aromatic carbocycles. The topological polar surface area (TPSA) is 120 Å². The highest BCUT2D eigenvalue weighted by atomic mass is 16.5. The molecule has 1 spiro atoms. The Labute approximate surface area is 203 Å². The van der Waals surface area contributed by atoms with Crippen molar-refractivity contribution in [1.29, 1.82) is 0 Å². The number of primary amides is 1. The van der Waals surface area contributed by atoms with Crippen LogP contribution in [0.5, 0.6) is 5.75 Å². The molecule has 2 aliphatic rings. The van der Waals surface area contributed by atoms with Gasteiger partial charge in [0.05, 0.1) is 0 Å². The lowest BCUT2D eigenvalue weighted by Crippen LogP contribution is -2.50. The van der Waals surface area contributed by atoms with Crippen molar-refractivity contribution >= 4 is 23.5 Å². The first-order valence-corrected chi connectivity index (χ1v) is 11.2. The minimum Gasteiger partial charge on any atom is -0.462 e. The Hall–Kier alpha value is -4.40. The van der Waals surface area contributed by atoms with Crippen LogP contribution in [0.15, 0.2) is 73.6 Å². The number of rotatable bonds is 7. The molecule has 1 saturated heterocycles. The third-order valence-corrected chi connectivity index (χ3v) is 6.25. The molecule has 1 fully saturated rings. The first-order chi connectivity index (χ1) is 16.8. The van der Waals surface area contributed by atoms with Crippen molar-refractivity contribution in [2.75, 3.05) is 18.4 Å². The Bertz CT molecular complexity index is 1260. The molecule has 1 aromatic heterocycles. The van der Waals surface area contributed by atoms with Crippen LogP contribution in [-0.4, -0.2) is 45.5 Å². The number of anilines is 1. The van der Waals surface area contributed by atoms with E-state index in [2.05, 4.69) is 23.6 Å². The molecule has 0 bridgehead atoms. The molecular formula is C26H27N5O4. The summed E-state index contributed by atoms with van der Waals surface area (Å²) in [7, 11) is 0. The maximum atomic E-state index is 13.0. The van der Waals surface area contributed by atoms with Crippen LogP contribution in [0.1, 0.15) is 30.1 Å². The van der Waals surface area contributed by atoms with Crippen LogP contribution in [0, 0.1) is 0 Å². The number of carbonyl (C=O) groups is 3. The maximum Gasteiger partial charge on any atom is 0.254 e. The van der Waals surface area contributed by atoms with Gasteiger partial charge in [0.25, 0.3) is 11.8 Å². The van der Waals surface area contributed by atoms with Crippen LogP contribution in [-0.2, 0) is 15.1 Å². The normalized spacial score (nSPS) is 16.8. The Morgan fingerprint density at radius 3 is 2.46 bits per heavy atom. The number of nitrogens with one attached hydrogen (secondary N) is 1. The van der Waals surface area contributed by atoms with Gasteiger partial charge in [0, 0.05) is 18.7 Å². The summed E-state index contributed by atoms with van der Waals surface area (Å²) in [5.41, 5.74) is 5.91. The van der Waals surface area contributed by atoms with Crippen LogP contribution < -0.4 is 15.8 Å². The summed E-state index contributed by atoms with van der Waals surface area (Å²) >= 11 is 0. The molecule has 0 atom stereocenters. The molecule has 2 aromatic rings. The molecule has 35 heavy (non-hydrogen) atoms. The number of hydrogen-bond donors (Lipinski definition) is 2. The number of nitrogens with two attached hydrogens (primary N) is 1. The molecule has 2 aliphatic heterocycles. The van der Waals surface area contributed by atoms with E-state index in [4.69, 9.17) is 10.5 Å². The highest BCUT2D eigenvalue weighted by molar-refractivity contribution is 6.10. The quantitative estimate of drug-likeness (QED) is 0.364. The van der Waals surface area contributed by atoms with Crippen molar-refractivity contribution in [1.82, 2.24) is 14.7 Å². The monoisotopic (exact) mass is 473 g/mol. The number of aromatic nitrogens is 2. The standard InChI is InChI=1S/C26H27N5O4/c1-4-6-7-8-17(3)35-19-11-9-18(10-12-19)22-21(23(27)33)24-28-25(34)26(31(24)29-22)13-15-30(16-14-26)20(32)5-2/h4-12H,1-2,13-16H2,3H3,(H2,27,33)(H,28,34)/b7-6-,17-8+. The lowest BCUT2D eigenvalue weighted by atomic mass is 9.87. The van der Waals surface area contributed by atoms with Crippen LogP contribution in [0.3, 0.4) is 0 Å². The van der Waals surface area contributed by atoms with Gasteiger partial charge in [-0.3, -0.25) is 14.4 Å². The average Bonchev–Trinajstić information content (AvgIpc) is 3.34. The lowest BCUT2D eigenvalue weighted by molar-refractivity contribution is -0.133. The minimum absolute atomic E-state index is 0.152. The van der Waals surface area contributed by atoms with Gasteiger partial charge in [-0.05, 0) is 56.2 Å². The number of piperidine rings is 1. The van der Waals surface area contributed by atoms with Gasteiger partial charge in [0.1, 0.15) is 34.1 Å². The molecule has 0 radical (unpaired) electrons. The molecule has 3 heterocycles. The molecule has 0 saturated carbocycles. The third kappa shape index (κ3) is 4.28. The summed E-state index contributed by atoms with van der Waals surface area (Å²) in [6.07, 6.45) is 9.10. The molecule has 0 unspecified atom stereocenters. The second-order valence-corrected chi connectivity index (χ2v) is 8.39. The first kappa shape index (κ1) is 23.7. The Balaban J connectivity index is 1.65. The summed E-state index contributed by atoms with van der Waals surface area (Å²) in [5.74, 6) is 0.476. The van der Waals surface area contributed by atoms with Gasteiger partial charge < -0.3 is 20.7 Å². The maximum absolute atomic E-state index is 13.0. The van der Waals surface area contributed by atoms with E-state index in [1.807, 2.05) is 19.1 Å². The average molecular weight is 474 g/mol. The number of fused-ring (bicyclic) bond motifs is 2. The van der Waals surface area contributed by atoms with Gasteiger partial charge in [-0.25, -0.2) is 4.68 Å². The molecule has 0 aliphatic carbocycles. The molecule has 3 N–H and O–H groups in total. The van der Waals surface area contributed by atoms with E-state index in [0.717, 1.165) is 0 Å². The van der Waals surface area contributed by atoms with Crippen LogP contribution in [0.2, 0.25) is 0 Å². The summed E-state index contributed by atoms with van der Waals surface area (Å²) < 4.78 is 7.37. The minimum atomic E-state index is -0.986. The molecule has 9 nitrogen and oxygen atoms in total. The second-order valence-electron chi connectivity index (χ2n) is 8.39. The van der Waals surface area contributed by atoms with Gasteiger partial charge in [-0.2, -0.15) is 5.10 Å². The summed E-state index contributed by atoms with van der Waals surface area (Å²) in [6, 6.07) is 7.11. The summed E-state index contributed by atoms with van der Waals surface area (Å²) in [5, 5.41) is 7.49. The fourth-order valence-corrected chi connectivity index (χ4v) is 4.43. The Morgan fingerprint density at radius 1 is 1.17 bits per heavy atom. The van der Waals surface area contributed by atoms with Gasteiger partial charge in [0.15, 0.2) is 0 Å². The predicted molar refractivity (Wildman–Crippen MR) is 133 cm³/mol. The lowest BCUT2D eigenvalue weighted by Gasteiger charge is -2.37. The van der Waals surface area contributed by atoms with E-state index in [0.29, 0.717) is 48.7 Å². The Morgan fingerprint density at radius 2 is 1.86 bits per heavy atom. The number of amides is 3. The highest BCUT2D eigenvalue weighted by Crippen LogP contribution is 2.43. The smallest absolute Gasteiger partial charge is 0.254 e. The third-order valence-electron chi connectivity index (χ3n) is 6.25. The van der Waals surface area contributed by atoms with Crippen LogP contribution in [0.4, 0.5) is 5.82 Å². The highest BCUT2D eigenvalue weighted by Gasteiger charge is 2.51. The van der Waals surface area contributed by atoms with Crippen LogP contribution in [0.25, 0.3) is 11.3 Å². The Kier molecular flexibility index (Phi) is 6.42. The van der Waals surface area contributed by atoms with Crippen LogP contribution >= 0.6 is 0 Å². The summed E-state index contributed by atoms with van der Waals surface area (Å²) in [4.78, 5) is 39.1. The fourth-order valence-electron chi connectivity index (χ4n) is 4.43. The largest absolute Gasteiger partial charge is 0.462 e. The van der Waals surface area contributed by atoms with Crippen molar-refractivity contribution in [2.45, 2.75) is 25.3 Å². The number of likely N-dealkylation sites (tertiary alicyclic amines) is 1. The number of allylic oxidation sites excluding steroid dienone is 5. The number of benzene rings is 1. The van der Waals surface area contributed by atoms with E-state index >= 15 is 0 Å². The SMILES string of the molecule is C=C/C=C\C=C(/C)Oc1ccc(-c2nn3c(c2C(N)=O)NC(=O)C32CCN(C(=O)C=C)CC2)cc1. The zero-order valence-electron chi connectivity index (χ0n) is 19.5. The molecule has 180 valence electrons. The number of nitrogens with zero attached hydrogens (tertiary/aromatic N) is 3. The molecule has 3 amide bonds. The van der Waals surface area contributed by atoms with Gasteiger partial charge in [-0.15, -0.1) is 0 Å². The first-order valence-electron chi connectivity index (χ1n) is 11.2. The van der Waals surface area contributed by atoms with Crippen molar-refractivity contribution < 1.29 is 19.1 Å². The van der Waals surface area contributed by atoms with E-state index in [9.17, 15) is 14.4 Å². The zero-order chi connectivity index (χ0) is 25.2. The number of hydrogen-bond acceptors (Lipinski definition) is 5. The molecular weight excluding hydrogens is 446 g/mol. The van der Waals surface area contributed by atoms with E-state index in [1.165, 1.54) is 6.08 Å². The van der Waals surface area contributed by atoms with Gasteiger partial charge in [-0.1, -0.05) is 31.4 Å². The molecule has 9 heteroatoms. The second kappa shape index (κ2) is 9.46. The summed E-state index contributed by atoms with van der Waals surface area (Å²) in [6.45, 7) is 9.73. The van der Waals surface area contributed by atoms with Gasteiger partial charge in [0.2, 0.25) is 5.91 Å². The van der Waals surface area contributed by atoms with Crippen molar-refractivity contribution in [3.05, 3.63) is 79.1 Å². The predicted octanol–water partition coefficient (Wildman–Crippen LogP) is 3.13. The zero-order valence-corrected chi connectivity index (χ0v) is 19.5. The number of ether oxygens (including phenoxy) is 1. The molecule has 4 rings (SSSR count). The number of carbonyl (C=O) groups excluding carboxylic acids is 3.